The van der Waals surface area contributed by atoms with Crippen molar-refractivity contribution in [2.45, 2.75) is 6.54 Å². The number of halogens is 1. The average Bonchev–Trinajstić information content (AvgIpc) is 3.27. The minimum atomic E-state index is -0.0539. The number of fused-ring (bicyclic) bond motifs is 1. The number of furan rings is 1. The maximum absolute atomic E-state index is 12.8. The minimum absolute atomic E-state index is 0.0539. The molecule has 1 aromatic carbocycles. The lowest BCUT2D eigenvalue weighted by molar-refractivity contribution is 0.0601. The molecule has 0 radical (unpaired) electrons. The quantitative estimate of drug-likeness (QED) is 0.616. The van der Waals surface area contributed by atoms with E-state index in [-0.39, 0.29) is 5.91 Å². The predicted octanol–water partition coefficient (Wildman–Crippen LogP) is 4.22. The molecule has 26 heavy (non-hydrogen) atoms. The summed E-state index contributed by atoms with van der Waals surface area (Å²) in [5.41, 5.74) is 0.625. The highest BCUT2D eigenvalue weighted by Crippen LogP contribution is 2.29. The summed E-state index contributed by atoms with van der Waals surface area (Å²) < 4.78 is 12.3. The molecule has 1 aliphatic rings. The Morgan fingerprint density at radius 2 is 2.04 bits per heavy atom. The molecule has 0 spiro atoms. The highest BCUT2D eigenvalue weighted by molar-refractivity contribution is 9.11. The van der Waals surface area contributed by atoms with Gasteiger partial charge in [-0.15, -0.1) is 11.3 Å². The van der Waals surface area contributed by atoms with Gasteiger partial charge in [0.2, 0.25) is 0 Å². The number of carbonyl (C=O) groups is 1. The molecule has 1 fully saturated rings. The molecular weight excluding hydrogens is 416 g/mol. The molecule has 0 atom stereocenters. The van der Waals surface area contributed by atoms with Gasteiger partial charge < -0.3 is 14.1 Å². The summed E-state index contributed by atoms with van der Waals surface area (Å²) in [6, 6.07) is 11.7. The monoisotopic (exact) mass is 434 g/mol. The Hall–Kier alpha value is -1.83. The van der Waals surface area contributed by atoms with Crippen LogP contribution in [0, 0.1) is 0 Å². The van der Waals surface area contributed by atoms with Crippen molar-refractivity contribution in [2.75, 3.05) is 33.3 Å². The van der Waals surface area contributed by atoms with Crippen molar-refractivity contribution < 1.29 is 13.9 Å². The van der Waals surface area contributed by atoms with Crippen LogP contribution in [0.2, 0.25) is 0 Å². The number of rotatable bonds is 4. The van der Waals surface area contributed by atoms with E-state index in [1.54, 1.807) is 24.5 Å². The number of ether oxygens (including phenoxy) is 1. The van der Waals surface area contributed by atoms with Gasteiger partial charge in [0.15, 0.2) is 17.1 Å². The number of para-hydroxylation sites is 1. The van der Waals surface area contributed by atoms with Crippen LogP contribution in [0.4, 0.5) is 0 Å². The standard InChI is InChI=1S/C19H19BrN2O3S/c1-24-15-4-2-3-13-11-16(25-18(13)15)19(23)22-9-7-21(8-10-22)12-14-5-6-17(20)26-14/h2-6,11H,7-10,12H2,1H3. The number of methoxy groups -OCH3 is 1. The molecule has 0 saturated carbocycles. The molecule has 0 aliphatic carbocycles. The predicted molar refractivity (Wildman–Crippen MR) is 106 cm³/mol. The van der Waals surface area contributed by atoms with Crippen molar-refractivity contribution in [3.8, 4) is 5.75 Å². The Morgan fingerprint density at radius 3 is 2.73 bits per heavy atom. The zero-order valence-electron chi connectivity index (χ0n) is 14.4. The fourth-order valence-electron chi connectivity index (χ4n) is 3.22. The summed E-state index contributed by atoms with van der Waals surface area (Å²) in [4.78, 5) is 18.4. The fourth-order valence-corrected chi connectivity index (χ4v) is 4.75. The van der Waals surface area contributed by atoms with Crippen LogP contribution in [-0.2, 0) is 6.54 Å². The van der Waals surface area contributed by atoms with Crippen molar-refractivity contribution in [1.82, 2.24) is 9.80 Å². The summed E-state index contributed by atoms with van der Waals surface area (Å²) in [6.45, 7) is 4.08. The Balaban J connectivity index is 1.42. The van der Waals surface area contributed by atoms with Gasteiger partial charge >= 0.3 is 0 Å². The summed E-state index contributed by atoms with van der Waals surface area (Å²) in [7, 11) is 1.60. The van der Waals surface area contributed by atoms with E-state index in [0.717, 1.165) is 28.8 Å². The largest absolute Gasteiger partial charge is 0.493 e. The molecule has 3 aromatic rings. The summed E-state index contributed by atoms with van der Waals surface area (Å²) in [5.74, 6) is 0.968. The molecule has 5 nitrogen and oxygen atoms in total. The van der Waals surface area contributed by atoms with Crippen LogP contribution in [0.1, 0.15) is 15.4 Å². The minimum Gasteiger partial charge on any atom is -0.493 e. The van der Waals surface area contributed by atoms with Crippen LogP contribution in [0.5, 0.6) is 5.75 Å². The number of carbonyl (C=O) groups excluding carboxylic acids is 1. The number of amides is 1. The van der Waals surface area contributed by atoms with E-state index >= 15 is 0 Å². The van der Waals surface area contributed by atoms with Crippen molar-refractivity contribution in [2.24, 2.45) is 0 Å². The topological polar surface area (TPSA) is 45.9 Å². The SMILES string of the molecule is COc1cccc2cc(C(=O)N3CCN(Cc4ccc(Br)s4)CC3)oc12. The summed E-state index contributed by atoms with van der Waals surface area (Å²) in [5, 5.41) is 0.884. The highest BCUT2D eigenvalue weighted by Gasteiger charge is 2.25. The molecule has 1 amide bonds. The lowest BCUT2D eigenvalue weighted by atomic mass is 10.2. The van der Waals surface area contributed by atoms with Crippen molar-refractivity contribution in [3.63, 3.8) is 0 Å². The molecule has 3 heterocycles. The van der Waals surface area contributed by atoms with E-state index in [0.29, 0.717) is 30.2 Å². The van der Waals surface area contributed by atoms with Crippen LogP contribution in [0.25, 0.3) is 11.0 Å². The first-order chi connectivity index (χ1) is 12.6. The summed E-state index contributed by atoms with van der Waals surface area (Å²) in [6.07, 6.45) is 0. The highest BCUT2D eigenvalue weighted by atomic mass is 79.9. The van der Waals surface area contributed by atoms with Crippen molar-refractivity contribution in [3.05, 3.63) is 50.8 Å². The van der Waals surface area contributed by atoms with Gasteiger partial charge in [-0.05, 0) is 40.2 Å². The molecule has 7 heteroatoms. The number of hydrogen-bond acceptors (Lipinski definition) is 5. The third-order valence-corrected chi connectivity index (χ3v) is 6.21. The third kappa shape index (κ3) is 3.51. The smallest absolute Gasteiger partial charge is 0.289 e. The van der Waals surface area contributed by atoms with Gasteiger partial charge in [-0.25, -0.2) is 0 Å². The second-order valence-electron chi connectivity index (χ2n) is 6.26. The first kappa shape index (κ1) is 17.6. The van der Waals surface area contributed by atoms with E-state index in [2.05, 4.69) is 33.0 Å². The van der Waals surface area contributed by atoms with Gasteiger partial charge in [0.25, 0.3) is 5.91 Å². The van der Waals surface area contributed by atoms with Gasteiger partial charge in [0.1, 0.15) is 0 Å². The zero-order chi connectivity index (χ0) is 18.1. The number of hydrogen-bond donors (Lipinski definition) is 0. The third-order valence-electron chi connectivity index (χ3n) is 4.61. The van der Waals surface area contributed by atoms with E-state index in [9.17, 15) is 4.79 Å². The summed E-state index contributed by atoms with van der Waals surface area (Å²) >= 11 is 5.26. The molecule has 0 unspecified atom stereocenters. The van der Waals surface area contributed by atoms with Gasteiger partial charge in [-0.2, -0.15) is 0 Å². The second kappa shape index (κ2) is 7.42. The van der Waals surface area contributed by atoms with E-state index in [1.807, 2.05) is 23.1 Å². The molecule has 136 valence electrons. The van der Waals surface area contributed by atoms with Crippen molar-refractivity contribution in [1.29, 1.82) is 0 Å². The lowest BCUT2D eigenvalue weighted by Gasteiger charge is -2.34. The Bertz CT molecular complexity index is 928. The number of thiophene rings is 1. The normalized spacial score (nSPS) is 15.5. The van der Waals surface area contributed by atoms with Crippen LogP contribution in [0.3, 0.4) is 0 Å². The zero-order valence-corrected chi connectivity index (χ0v) is 16.8. The molecule has 1 aliphatic heterocycles. The van der Waals surface area contributed by atoms with Crippen molar-refractivity contribution >= 4 is 44.1 Å². The first-order valence-electron chi connectivity index (χ1n) is 8.46. The molecule has 4 rings (SSSR count). The Labute approximate surface area is 164 Å². The number of benzene rings is 1. The maximum atomic E-state index is 12.8. The van der Waals surface area contributed by atoms with Gasteiger partial charge in [-0.1, -0.05) is 12.1 Å². The first-order valence-corrected chi connectivity index (χ1v) is 10.1. The Kier molecular flexibility index (Phi) is 5.02. The van der Waals surface area contributed by atoms with Crippen LogP contribution in [0.15, 0.2) is 44.6 Å². The average molecular weight is 435 g/mol. The van der Waals surface area contributed by atoms with Crippen LogP contribution < -0.4 is 4.74 Å². The molecule has 1 saturated heterocycles. The molecular formula is C19H19BrN2O3S. The van der Waals surface area contributed by atoms with Gasteiger partial charge in [0.05, 0.1) is 10.9 Å². The van der Waals surface area contributed by atoms with E-state index in [4.69, 9.17) is 9.15 Å². The van der Waals surface area contributed by atoms with E-state index < -0.39 is 0 Å². The molecule has 2 aromatic heterocycles. The van der Waals surface area contributed by atoms with Gasteiger partial charge in [0, 0.05) is 43.0 Å². The number of piperazine rings is 1. The Morgan fingerprint density at radius 1 is 1.23 bits per heavy atom. The molecule has 0 N–H and O–H groups in total. The molecule has 0 bridgehead atoms. The number of nitrogens with zero attached hydrogens (tertiary/aromatic N) is 2. The second-order valence-corrected chi connectivity index (χ2v) is 8.81. The van der Waals surface area contributed by atoms with Crippen LogP contribution >= 0.6 is 27.3 Å². The fraction of sp³-hybridized carbons (Fsp3) is 0.316. The van der Waals surface area contributed by atoms with E-state index in [1.165, 1.54) is 4.88 Å². The van der Waals surface area contributed by atoms with Gasteiger partial charge in [-0.3, -0.25) is 9.69 Å². The lowest BCUT2D eigenvalue weighted by Crippen LogP contribution is -2.48. The van der Waals surface area contributed by atoms with Crippen LogP contribution in [-0.4, -0.2) is 49.0 Å². The maximum Gasteiger partial charge on any atom is 0.289 e.